The molecule has 0 aliphatic heterocycles. The van der Waals surface area contributed by atoms with Crippen molar-refractivity contribution in [1.82, 2.24) is 5.32 Å². The Hall–Kier alpha value is -3.77. The lowest BCUT2D eigenvalue weighted by molar-refractivity contribution is -0.116. The average Bonchev–Trinajstić information content (AvgIpc) is 2.87. The van der Waals surface area contributed by atoms with Gasteiger partial charge < -0.3 is 10.1 Å². The van der Waals surface area contributed by atoms with Gasteiger partial charge in [0.05, 0.1) is 23.9 Å². The number of rotatable bonds is 8. The number of methoxy groups -OCH3 is 1. The topological polar surface area (TPSA) is 94.8 Å². The number of hydrazone groups is 1. The minimum atomic E-state index is -0.799. The molecule has 7 nitrogen and oxygen atoms in total. The Morgan fingerprint density at radius 3 is 2.32 bits per heavy atom. The van der Waals surface area contributed by atoms with E-state index in [1.54, 1.807) is 19.2 Å². The summed E-state index contributed by atoms with van der Waals surface area (Å²) in [6.07, 6.45) is 2.14. The molecule has 3 aromatic rings. The number of benzene rings is 3. The maximum Gasteiger partial charge on any atom is 0.244 e. The summed E-state index contributed by atoms with van der Waals surface area (Å²) in [5.74, 6) is -1.49. The Labute approximate surface area is 225 Å². The zero-order chi connectivity index (χ0) is 27.4. The number of hydrogen-bond acceptors (Lipinski definition) is 5. The highest BCUT2D eigenvalue weighted by molar-refractivity contribution is 6.36. The number of anilines is 1. The molecule has 1 atom stereocenters. The van der Waals surface area contributed by atoms with Crippen LogP contribution in [-0.4, -0.2) is 32.4 Å². The van der Waals surface area contributed by atoms with Gasteiger partial charge in [0.15, 0.2) is 0 Å². The van der Waals surface area contributed by atoms with Crippen molar-refractivity contribution in [2.45, 2.75) is 19.8 Å². The van der Waals surface area contributed by atoms with E-state index < -0.39 is 5.92 Å². The Morgan fingerprint density at radius 1 is 1.19 bits per heavy atom. The predicted molar refractivity (Wildman–Crippen MR) is 143 cm³/mol. The highest BCUT2D eigenvalue weighted by Gasteiger charge is 2.23. The standard InChI is InChI=1S/C24H18Cl2FN3O.C3H7NO2/c1-15-10-18(8-9-23(15)27)20(13-28)24-21(25)11-19(12-22(24)26)30(16(2)31)29-14-17-6-4-3-5-7-17;1-6-3-4-2-5/h3-12,14,20H,1-2H3;2H,3H2,1H3,(H,4,5)/b29-14+;. The SMILES string of the molecule is CC(=O)N(/N=C/c1ccccc1)c1cc(Cl)c(C(C#N)c2ccc(F)c(C)c2)c(Cl)c1.COCNC=O. The highest BCUT2D eigenvalue weighted by atomic mass is 35.5. The number of aryl methyl sites for hydroxylation is 1. The second-order valence-electron chi connectivity index (χ2n) is 7.63. The molecule has 3 aromatic carbocycles. The van der Waals surface area contributed by atoms with E-state index in [0.717, 1.165) is 5.56 Å². The zero-order valence-electron chi connectivity index (χ0n) is 20.4. The van der Waals surface area contributed by atoms with Crippen LogP contribution in [0.5, 0.6) is 0 Å². The fourth-order valence-electron chi connectivity index (χ4n) is 3.23. The van der Waals surface area contributed by atoms with Gasteiger partial charge in [0.2, 0.25) is 12.3 Å². The third kappa shape index (κ3) is 8.40. The molecular weight excluding hydrogens is 518 g/mol. The lowest BCUT2D eigenvalue weighted by Gasteiger charge is -2.20. The number of amides is 2. The lowest BCUT2D eigenvalue weighted by Crippen LogP contribution is -2.22. The minimum Gasteiger partial charge on any atom is -0.365 e. The number of nitrogens with one attached hydrogen (secondary N) is 1. The van der Waals surface area contributed by atoms with Crippen molar-refractivity contribution >= 4 is 47.4 Å². The van der Waals surface area contributed by atoms with Crippen LogP contribution in [0.3, 0.4) is 0 Å². The predicted octanol–water partition coefficient (Wildman–Crippen LogP) is 5.82. The smallest absolute Gasteiger partial charge is 0.244 e. The molecule has 1 unspecified atom stereocenters. The van der Waals surface area contributed by atoms with Gasteiger partial charge in [-0.05, 0) is 41.8 Å². The Morgan fingerprint density at radius 2 is 1.84 bits per heavy atom. The number of halogens is 3. The third-order valence-electron chi connectivity index (χ3n) is 4.97. The number of nitriles is 1. The molecular formula is C27H25Cl2FN4O3. The van der Waals surface area contributed by atoms with Crippen molar-refractivity contribution in [2.75, 3.05) is 18.8 Å². The second-order valence-corrected chi connectivity index (χ2v) is 8.45. The van der Waals surface area contributed by atoms with Crippen molar-refractivity contribution in [3.8, 4) is 6.07 Å². The average molecular weight is 543 g/mol. The van der Waals surface area contributed by atoms with Crippen molar-refractivity contribution < 1.29 is 18.7 Å². The van der Waals surface area contributed by atoms with E-state index in [-0.39, 0.29) is 21.8 Å². The second kappa shape index (κ2) is 14.7. The molecule has 0 bridgehead atoms. The van der Waals surface area contributed by atoms with Crippen LogP contribution in [0.2, 0.25) is 10.0 Å². The molecule has 37 heavy (non-hydrogen) atoms. The van der Waals surface area contributed by atoms with E-state index >= 15 is 0 Å². The molecule has 0 fully saturated rings. The summed E-state index contributed by atoms with van der Waals surface area (Å²) < 4.78 is 18.1. The maximum atomic E-state index is 13.7. The lowest BCUT2D eigenvalue weighted by atomic mass is 9.91. The summed E-state index contributed by atoms with van der Waals surface area (Å²) in [5.41, 5.74) is 2.56. The van der Waals surface area contributed by atoms with Crippen molar-refractivity contribution in [3.63, 3.8) is 0 Å². The summed E-state index contributed by atoms with van der Waals surface area (Å²) in [6, 6.07) is 19.0. The zero-order valence-corrected chi connectivity index (χ0v) is 21.9. The first-order valence-electron chi connectivity index (χ1n) is 10.9. The van der Waals surface area contributed by atoms with Crippen molar-refractivity contribution in [3.05, 3.63) is 98.8 Å². The van der Waals surface area contributed by atoms with Gasteiger partial charge in [-0.2, -0.15) is 10.4 Å². The van der Waals surface area contributed by atoms with Crippen LogP contribution in [0.15, 0.2) is 65.8 Å². The van der Waals surface area contributed by atoms with Gasteiger partial charge in [-0.15, -0.1) is 0 Å². The van der Waals surface area contributed by atoms with Crippen LogP contribution in [-0.2, 0) is 14.3 Å². The quantitative estimate of drug-likeness (QED) is 0.127. The number of nitrogens with zero attached hydrogens (tertiary/aromatic N) is 3. The first kappa shape index (κ1) is 29.5. The summed E-state index contributed by atoms with van der Waals surface area (Å²) in [5, 5.41) is 17.9. The van der Waals surface area contributed by atoms with Crippen LogP contribution in [0, 0.1) is 24.1 Å². The summed E-state index contributed by atoms with van der Waals surface area (Å²) >= 11 is 13.0. The van der Waals surface area contributed by atoms with Crippen molar-refractivity contribution in [1.29, 1.82) is 5.26 Å². The van der Waals surface area contributed by atoms with Gasteiger partial charge in [-0.3, -0.25) is 9.59 Å². The minimum absolute atomic E-state index is 0.206. The maximum absolute atomic E-state index is 13.7. The van der Waals surface area contributed by atoms with Gasteiger partial charge in [0.1, 0.15) is 12.5 Å². The van der Waals surface area contributed by atoms with E-state index in [1.807, 2.05) is 30.3 Å². The largest absolute Gasteiger partial charge is 0.365 e. The van der Waals surface area contributed by atoms with Crippen LogP contribution in [0.1, 0.15) is 35.1 Å². The van der Waals surface area contributed by atoms with Gasteiger partial charge in [0.25, 0.3) is 0 Å². The molecule has 0 spiro atoms. The normalized spacial score (nSPS) is 11.2. The molecule has 2 amide bonds. The molecule has 192 valence electrons. The Balaban J connectivity index is 0.000000717. The summed E-state index contributed by atoms with van der Waals surface area (Å²) in [4.78, 5) is 21.6. The monoisotopic (exact) mass is 542 g/mol. The molecule has 1 N–H and O–H groups in total. The molecule has 0 heterocycles. The van der Waals surface area contributed by atoms with Crippen LogP contribution in [0.25, 0.3) is 0 Å². The molecule has 0 saturated heterocycles. The van der Waals surface area contributed by atoms with Gasteiger partial charge >= 0.3 is 0 Å². The fourth-order valence-corrected chi connectivity index (χ4v) is 3.93. The molecule has 0 aliphatic carbocycles. The van der Waals surface area contributed by atoms with E-state index in [0.29, 0.717) is 35.5 Å². The molecule has 0 aliphatic rings. The van der Waals surface area contributed by atoms with E-state index in [4.69, 9.17) is 23.2 Å². The summed E-state index contributed by atoms with van der Waals surface area (Å²) in [6.45, 7) is 3.29. The van der Waals surface area contributed by atoms with Gasteiger partial charge in [-0.1, -0.05) is 65.7 Å². The van der Waals surface area contributed by atoms with E-state index in [9.17, 15) is 19.2 Å². The third-order valence-corrected chi connectivity index (χ3v) is 5.60. The number of hydrogen-bond donors (Lipinski definition) is 1. The number of carbonyl (C=O) groups excluding carboxylic acids is 2. The van der Waals surface area contributed by atoms with E-state index in [2.05, 4.69) is 21.2 Å². The first-order chi connectivity index (χ1) is 17.7. The molecule has 0 radical (unpaired) electrons. The molecule has 0 saturated carbocycles. The summed E-state index contributed by atoms with van der Waals surface area (Å²) in [7, 11) is 1.51. The Bertz CT molecular complexity index is 1270. The number of carbonyl (C=O) groups is 2. The van der Waals surface area contributed by atoms with Gasteiger partial charge in [-0.25, -0.2) is 9.40 Å². The van der Waals surface area contributed by atoms with Gasteiger partial charge in [0, 0.05) is 29.6 Å². The molecule has 3 rings (SSSR count). The number of ether oxygens (including phenoxy) is 1. The van der Waals surface area contributed by atoms with Crippen LogP contribution >= 0.6 is 23.2 Å². The van der Waals surface area contributed by atoms with E-state index in [1.165, 1.54) is 43.3 Å². The first-order valence-corrected chi connectivity index (χ1v) is 11.7. The fraction of sp³-hybridized carbons (Fsp3) is 0.185. The highest BCUT2D eigenvalue weighted by Crippen LogP contribution is 2.39. The van der Waals surface area contributed by atoms with Crippen molar-refractivity contribution in [2.24, 2.45) is 5.10 Å². The molecule has 0 aromatic heterocycles. The van der Waals surface area contributed by atoms with Crippen LogP contribution in [0.4, 0.5) is 10.1 Å². The molecule has 10 heteroatoms. The Kier molecular flexibility index (Phi) is 11.7. The van der Waals surface area contributed by atoms with Crippen LogP contribution < -0.4 is 10.3 Å².